The molecule has 110 valence electrons. The lowest BCUT2D eigenvalue weighted by Crippen LogP contribution is -2.43. The van der Waals surface area contributed by atoms with Crippen molar-refractivity contribution in [3.05, 3.63) is 17.5 Å². The Hall–Kier alpha value is -1.36. The van der Waals surface area contributed by atoms with Gasteiger partial charge in [-0.1, -0.05) is 0 Å². The molecule has 3 rings (SSSR count). The van der Waals surface area contributed by atoms with Gasteiger partial charge < -0.3 is 9.64 Å². The molecular weight excluding hydrogens is 254 g/mol. The number of likely N-dealkylation sites (tertiary alicyclic amines) is 1. The number of aryl methyl sites for hydroxylation is 1. The van der Waals surface area contributed by atoms with E-state index in [1.165, 1.54) is 11.3 Å². The van der Waals surface area contributed by atoms with Crippen molar-refractivity contribution in [1.29, 1.82) is 0 Å². The highest BCUT2D eigenvalue weighted by Crippen LogP contribution is 2.29. The van der Waals surface area contributed by atoms with Crippen LogP contribution in [0.2, 0.25) is 0 Å². The molecule has 2 aliphatic heterocycles. The maximum atomic E-state index is 12.6. The predicted molar refractivity (Wildman–Crippen MR) is 75.4 cm³/mol. The fraction of sp³-hybridized carbons (Fsp3) is 0.733. The van der Waals surface area contributed by atoms with Crippen molar-refractivity contribution in [3.8, 4) is 0 Å². The Labute approximate surface area is 119 Å². The molecule has 0 saturated carbocycles. The SMILES string of the molecule is Cc1cn[nH]c1[C@@H]1CCCN(C(=O)C2CCOCC2)C1. The molecule has 0 radical (unpaired) electrons. The molecule has 0 bridgehead atoms. The number of nitrogens with one attached hydrogen (secondary N) is 1. The first-order chi connectivity index (χ1) is 9.75. The quantitative estimate of drug-likeness (QED) is 0.897. The van der Waals surface area contributed by atoms with Crippen LogP contribution in [0.1, 0.15) is 42.9 Å². The Morgan fingerprint density at radius 3 is 2.90 bits per heavy atom. The summed E-state index contributed by atoms with van der Waals surface area (Å²) in [6, 6.07) is 0. The van der Waals surface area contributed by atoms with Gasteiger partial charge in [0.05, 0.1) is 6.20 Å². The van der Waals surface area contributed by atoms with Crippen molar-refractivity contribution >= 4 is 5.91 Å². The van der Waals surface area contributed by atoms with E-state index in [9.17, 15) is 4.79 Å². The number of hydrogen-bond acceptors (Lipinski definition) is 3. The highest BCUT2D eigenvalue weighted by Gasteiger charge is 2.31. The van der Waals surface area contributed by atoms with Crippen molar-refractivity contribution in [2.45, 2.75) is 38.5 Å². The van der Waals surface area contributed by atoms with Gasteiger partial charge in [0, 0.05) is 43.8 Å². The lowest BCUT2D eigenvalue weighted by molar-refractivity contribution is -0.139. The molecule has 2 fully saturated rings. The molecule has 5 heteroatoms. The topological polar surface area (TPSA) is 58.2 Å². The standard InChI is InChI=1S/C15H23N3O2/c1-11-9-16-17-14(11)13-3-2-6-18(10-13)15(19)12-4-7-20-8-5-12/h9,12-13H,2-8,10H2,1H3,(H,16,17)/t13-/m1/s1. The molecule has 0 aromatic carbocycles. The van der Waals surface area contributed by atoms with E-state index in [0.717, 1.165) is 52.0 Å². The van der Waals surface area contributed by atoms with Gasteiger partial charge in [-0.3, -0.25) is 9.89 Å². The Kier molecular flexibility index (Phi) is 4.05. The van der Waals surface area contributed by atoms with Crippen LogP contribution in [-0.4, -0.2) is 47.3 Å². The zero-order valence-corrected chi connectivity index (χ0v) is 12.1. The fourth-order valence-electron chi connectivity index (χ4n) is 3.39. The van der Waals surface area contributed by atoms with Crippen LogP contribution in [0.4, 0.5) is 0 Å². The van der Waals surface area contributed by atoms with Gasteiger partial charge in [-0.05, 0) is 38.2 Å². The molecule has 1 atom stereocenters. The molecule has 1 amide bonds. The summed E-state index contributed by atoms with van der Waals surface area (Å²) >= 11 is 0. The highest BCUT2D eigenvalue weighted by molar-refractivity contribution is 5.79. The van der Waals surface area contributed by atoms with Crippen LogP contribution in [0.5, 0.6) is 0 Å². The van der Waals surface area contributed by atoms with Crippen LogP contribution in [0.25, 0.3) is 0 Å². The van der Waals surface area contributed by atoms with Crippen molar-refractivity contribution < 1.29 is 9.53 Å². The van der Waals surface area contributed by atoms with E-state index in [0.29, 0.717) is 11.8 Å². The van der Waals surface area contributed by atoms with Crippen LogP contribution >= 0.6 is 0 Å². The first-order valence-corrected chi connectivity index (χ1v) is 7.62. The highest BCUT2D eigenvalue weighted by atomic mass is 16.5. The van der Waals surface area contributed by atoms with Crippen molar-refractivity contribution in [1.82, 2.24) is 15.1 Å². The third kappa shape index (κ3) is 2.73. The van der Waals surface area contributed by atoms with Gasteiger partial charge in [0.15, 0.2) is 0 Å². The summed E-state index contributed by atoms with van der Waals surface area (Å²) < 4.78 is 5.35. The minimum absolute atomic E-state index is 0.172. The van der Waals surface area contributed by atoms with Crippen molar-refractivity contribution in [2.75, 3.05) is 26.3 Å². The second kappa shape index (κ2) is 5.95. The monoisotopic (exact) mass is 277 g/mol. The number of carbonyl (C=O) groups is 1. The van der Waals surface area contributed by atoms with E-state index in [1.807, 2.05) is 6.20 Å². The van der Waals surface area contributed by atoms with E-state index < -0.39 is 0 Å². The summed E-state index contributed by atoms with van der Waals surface area (Å²) in [5.74, 6) is 0.913. The Balaban J connectivity index is 1.65. The molecule has 0 unspecified atom stereocenters. The fourth-order valence-corrected chi connectivity index (χ4v) is 3.39. The van der Waals surface area contributed by atoms with Gasteiger partial charge in [-0.25, -0.2) is 0 Å². The van der Waals surface area contributed by atoms with Gasteiger partial charge in [-0.15, -0.1) is 0 Å². The van der Waals surface area contributed by atoms with E-state index in [2.05, 4.69) is 22.0 Å². The summed E-state index contributed by atoms with van der Waals surface area (Å²) in [5, 5.41) is 7.22. The van der Waals surface area contributed by atoms with Gasteiger partial charge in [0.2, 0.25) is 5.91 Å². The zero-order valence-electron chi connectivity index (χ0n) is 12.1. The summed E-state index contributed by atoms with van der Waals surface area (Å²) in [6.07, 6.45) is 5.85. The van der Waals surface area contributed by atoms with E-state index in [4.69, 9.17) is 4.74 Å². The van der Waals surface area contributed by atoms with Gasteiger partial charge >= 0.3 is 0 Å². The number of hydrogen-bond donors (Lipinski definition) is 1. The number of H-pyrrole nitrogens is 1. The average Bonchev–Trinajstić information content (AvgIpc) is 2.94. The average molecular weight is 277 g/mol. The molecule has 0 aliphatic carbocycles. The number of aromatic nitrogens is 2. The second-order valence-corrected chi connectivity index (χ2v) is 5.98. The smallest absolute Gasteiger partial charge is 0.225 e. The molecule has 1 aromatic rings. The summed E-state index contributed by atoms with van der Waals surface area (Å²) in [6.45, 7) is 5.28. The summed E-state index contributed by atoms with van der Waals surface area (Å²) in [5.41, 5.74) is 2.41. The van der Waals surface area contributed by atoms with Crippen LogP contribution in [0.15, 0.2) is 6.20 Å². The van der Waals surface area contributed by atoms with Crippen molar-refractivity contribution in [2.24, 2.45) is 5.92 Å². The molecule has 2 aliphatic rings. The number of nitrogens with zero attached hydrogens (tertiary/aromatic N) is 2. The summed E-state index contributed by atoms with van der Waals surface area (Å²) in [4.78, 5) is 14.7. The number of piperidine rings is 1. The van der Waals surface area contributed by atoms with Gasteiger partial charge in [0.1, 0.15) is 0 Å². The predicted octanol–water partition coefficient (Wildman–Crippen LogP) is 1.85. The Morgan fingerprint density at radius 1 is 1.40 bits per heavy atom. The van der Waals surface area contributed by atoms with E-state index >= 15 is 0 Å². The van der Waals surface area contributed by atoms with Crippen LogP contribution in [-0.2, 0) is 9.53 Å². The number of aromatic amines is 1. The maximum Gasteiger partial charge on any atom is 0.225 e. The van der Waals surface area contributed by atoms with Gasteiger partial charge in [0.25, 0.3) is 0 Å². The molecule has 5 nitrogen and oxygen atoms in total. The van der Waals surface area contributed by atoms with Crippen LogP contribution in [0.3, 0.4) is 0 Å². The number of amides is 1. The van der Waals surface area contributed by atoms with Gasteiger partial charge in [-0.2, -0.15) is 5.10 Å². The molecule has 3 heterocycles. The molecule has 0 spiro atoms. The first kappa shape index (κ1) is 13.6. The summed E-state index contributed by atoms with van der Waals surface area (Å²) in [7, 11) is 0. The number of rotatable bonds is 2. The third-order valence-electron chi connectivity index (χ3n) is 4.58. The zero-order chi connectivity index (χ0) is 13.9. The van der Waals surface area contributed by atoms with E-state index in [-0.39, 0.29) is 5.92 Å². The third-order valence-corrected chi connectivity index (χ3v) is 4.58. The molecule has 20 heavy (non-hydrogen) atoms. The van der Waals surface area contributed by atoms with Crippen LogP contribution < -0.4 is 0 Å². The lowest BCUT2D eigenvalue weighted by Gasteiger charge is -2.35. The minimum Gasteiger partial charge on any atom is -0.381 e. The maximum absolute atomic E-state index is 12.6. The lowest BCUT2D eigenvalue weighted by atomic mass is 9.91. The number of ether oxygens (including phenoxy) is 1. The van der Waals surface area contributed by atoms with Crippen LogP contribution in [0, 0.1) is 12.8 Å². The molecule has 1 N–H and O–H groups in total. The van der Waals surface area contributed by atoms with E-state index in [1.54, 1.807) is 0 Å². The molecule has 1 aromatic heterocycles. The molecule has 2 saturated heterocycles. The largest absolute Gasteiger partial charge is 0.381 e. The molecular formula is C15H23N3O2. The number of carbonyl (C=O) groups excluding carboxylic acids is 1. The second-order valence-electron chi connectivity index (χ2n) is 5.98. The first-order valence-electron chi connectivity index (χ1n) is 7.62. The Morgan fingerprint density at radius 2 is 2.20 bits per heavy atom. The van der Waals surface area contributed by atoms with Crippen molar-refractivity contribution in [3.63, 3.8) is 0 Å². The minimum atomic E-state index is 0.172. The Bertz CT molecular complexity index is 465. The normalized spacial score (nSPS) is 24.9.